The molecule has 0 spiro atoms. The van der Waals surface area contributed by atoms with E-state index in [-0.39, 0.29) is 17.9 Å². The number of amides is 1. The summed E-state index contributed by atoms with van der Waals surface area (Å²) in [5.74, 6) is -2.07. The second kappa shape index (κ2) is 7.48. The van der Waals surface area contributed by atoms with Crippen LogP contribution < -0.4 is 10.9 Å². The molecule has 1 aromatic heterocycles. The third-order valence-electron chi connectivity index (χ3n) is 3.57. The first-order chi connectivity index (χ1) is 12.0. The average molecular weight is 396 g/mol. The fourth-order valence-electron chi connectivity index (χ4n) is 2.33. The van der Waals surface area contributed by atoms with Gasteiger partial charge >= 0.3 is 12.1 Å². The van der Waals surface area contributed by atoms with Gasteiger partial charge < -0.3 is 14.6 Å². The number of ether oxygens (including phenoxy) is 1. The van der Waals surface area contributed by atoms with Crippen molar-refractivity contribution in [3.8, 4) is 0 Å². The number of aromatic nitrogens is 1. The van der Waals surface area contributed by atoms with E-state index in [4.69, 9.17) is 0 Å². The van der Waals surface area contributed by atoms with Crippen molar-refractivity contribution in [3.05, 3.63) is 34.2 Å². The van der Waals surface area contributed by atoms with Gasteiger partial charge in [0, 0.05) is 18.3 Å². The summed E-state index contributed by atoms with van der Waals surface area (Å²) in [5, 5.41) is 2.38. The highest BCUT2D eigenvalue weighted by Gasteiger charge is 2.31. The Labute approximate surface area is 145 Å². The van der Waals surface area contributed by atoms with Crippen LogP contribution in [0.15, 0.2) is 23.1 Å². The Morgan fingerprint density at radius 1 is 1.31 bits per heavy atom. The first-order valence-corrected chi connectivity index (χ1v) is 9.21. The number of carbonyl (C=O) groups is 2. The molecule has 144 valence electrons. The van der Waals surface area contributed by atoms with Gasteiger partial charge in [0.15, 0.2) is 16.4 Å². The van der Waals surface area contributed by atoms with Crippen molar-refractivity contribution in [1.29, 1.82) is 0 Å². The number of esters is 1. The molecule has 1 atom stereocenters. The molecule has 0 bridgehead atoms. The largest absolute Gasteiger partial charge is 0.454 e. The fourth-order valence-corrected chi connectivity index (χ4v) is 4.00. The maximum Gasteiger partial charge on any atom is 0.417 e. The Balaban J connectivity index is 1.87. The zero-order chi connectivity index (χ0) is 19.5. The highest BCUT2D eigenvalue weighted by molar-refractivity contribution is 7.91. The number of sulfone groups is 1. The Kier molecular flexibility index (Phi) is 5.74. The minimum atomic E-state index is -4.68. The number of nitrogens with zero attached hydrogens (tertiary/aromatic N) is 1. The molecule has 1 aromatic rings. The molecule has 0 aromatic carbocycles. The van der Waals surface area contributed by atoms with E-state index in [2.05, 4.69) is 10.1 Å². The SMILES string of the molecule is O=C(COC(=O)Cn1cc(C(F)(F)F)ccc1=O)NC1CCS(=O)(=O)C1. The minimum absolute atomic E-state index is 0.0454. The summed E-state index contributed by atoms with van der Waals surface area (Å²) in [6.45, 7) is -1.53. The smallest absolute Gasteiger partial charge is 0.417 e. The summed E-state index contributed by atoms with van der Waals surface area (Å²) in [6.07, 6.45) is -3.95. The molecule has 1 N–H and O–H groups in total. The van der Waals surface area contributed by atoms with Gasteiger partial charge in [-0.15, -0.1) is 0 Å². The zero-order valence-corrected chi connectivity index (χ0v) is 14.1. The number of hydrogen-bond acceptors (Lipinski definition) is 6. The lowest BCUT2D eigenvalue weighted by molar-refractivity contribution is -0.149. The van der Waals surface area contributed by atoms with E-state index >= 15 is 0 Å². The standard InChI is InChI=1S/C14H15F3N2O6S/c15-14(16,17)9-1-2-12(21)19(5-9)6-13(22)25-7-11(20)18-10-3-4-26(23,24)8-10/h1-2,5,10H,3-4,6-8H2,(H,18,20). The number of pyridine rings is 1. The van der Waals surface area contributed by atoms with E-state index < -0.39 is 58.2 Å². The lowest BCUT2D eigenvalue weighted by Gasteiger charge is -2.12. The fraction of sp³-hybridized carbons (Fsp3) is 0.500. The van der Waals surface area contributed by atoms with Crippen molar-refractivity contribution < 1.29 is 35.9 Å². The third-order valence-corrected chi connectivity index (χ3v) is 5.34. The molecule has 1 amide bonds. The monoisotopic (exact) mass is 396 g/mol. The highest BCUT2D eigenvalue weighted by atomic mass is 32.2. The van der Waals surface area contributed by atoms with Crippen LogP contribution in [-0.4, -0.2) is 49.0 Å². The first-order valence-electron chi connectivity index (χ1n) is 7.39. The Bertz CT molecular complexity index is 862. The van der Waals surface area contributed by atoms with E-state index in [0.29, 0.717) is 22.9 Å². The molecule has 2 heterocycles. The van der Waals surface area contributed by atoms with E-state index in [1.807, 2.05) is 0 Å². The van der Waals surface area contributed by atoms with Gasteiger partial charge in [-0.3, -0.25) is 14.4 Å². The van der Waals surface area contributed by atoms with E-state index in [9.17, 15) is 36.0 Å². The van der Waals surface area contributed by atoms with Crippen LogP contribution in [0.5, 0.6) is 0 Å². The van der Waals surface area contributed by atoms with E-state index in [1.165, 1.54) is 0 Å². The van der Waals surface area contributed by atoms with Gasteiger partial charge in [0.05, 0.1) is 17.1 Å². The quantitative estimate of drug-likeness (QED) is 0.685. The number of alkyl halides is 3. The predicted molar refractivity (Wildman–Crippen MR) is 81.9 cm³/mol. The maximum absolute atomic E-state index is 12.6. The summed E-state index contributed by atoms with van der Waals surface area (Å²) in [5.41, 5.74) is -1.94. The van der Waals surface area contributed by atoms with Gasteiger partial charge in [0.1, 0.15) is 6.54 Å². The second-order valence-electron chi connectivity index (χ2n) is 5.71. The van der Waals surface area contributed by atoms with Crippen LogP contribution in [0.25, 0.3) is 0 Å². The molecule has 0 saturated carbocycles. The number of hydrogen-bond donors (Lipinski definition) is 1. The van der Waals surface area contributed by atoms with Crippen molar-refractivity contribution in [2.75, 3.05) is 18.1 Å². The van der Waals surface area contributed by atoms with Crippen LogP contribution in [0.2, 0.25) is 0 Å². The van der Waals surface area contributed by atoms with Crippen molar-refractivity contribution >= 4 is 21.7 Å². The molecule has 2 rings (SSSR count). The van der Waals surface area contributed by atoms with Crippen LogP contribution in [0.4, 0.5) is 13.2 Å². The summed E-state index contributed by atoms with van der Waals surface area (Å²) in [6, 6.07) is 0.689. The second-order valence-corrected chi connectivity index (χ2v) is 7.94. The molecular formula is C14H15F3N2O6S. The summed E-state index contributed by atoms with van der Waals surface area (Å²) in [4.78, 5) is 34.8. The molecule has 1 unspecified atom stereocenters. The molecule has 12 heteroatoms. The van der Waals surface area contributed by atoms with Crippen molar-refractivity contribution in [3.63, 3.8) is 0 Å². The average Bonchev–Trinajstić information content (AvgIpc) is 2.85. The number of carbonyl (C=O) groups excluding carboxylic acids is 2. The van der Waals surface area contributed by atoms with Crippen molar-refractivity contribution in [1.82, 2.24) is 9.88 Å². The van der Waals surface area contributed by atoms with Crippen LogP contribution in [0.3, 0.4) is 0 Å². The lowest BCUT2D eigenvalue weighted by Crippen LogP contribution is -2.38. The predicted octanol–water partition coefficient (Wildman–Crippen LogP) is -0.286. The van der Waals surface area contributed by atoms with Crippen molar-refractivity contribution in [2.45, 2.75) is 25.2 Å². The molecule has 1 saturated heterocycles. The van der Waals surface area contributed by atoms with Gasteiger partial charge in [0.2, 0.25) is 0 Å². The molecule has 1 aliphatic heterocycles. The van der Waals surface area contributed by atoms with Crippen LogP contribution in [0, 0.1) is 0 Å². The Morgan fingerprint density at radius 3 is 2.58 bits per heavy atom. The normalized spacial score (nSPS) is 19.1. The Morgan fingerprint density at radius 2 is 2.00 bits per heavy atom. The van der Waals surface area contributed by atoms with Gasteiger partial charge in [-0.1, -0.05) is 0 Å². The van der Waals surface area contributed by atoms with Gasteiger partial charge in [-0.05, 0) is 12.5 Å². The van der Waals surface area contributed by atoms with Crippen LogP contribution in [-0.2, 0) is 36.9 Å². The van der Waals surface area contributed by atoms with Crippen LogP contribution in [0.1, 0.15) is 12.0 Å². The summed E-state index contributed by atoms with van der Waals surface area (Å²) in [7, 11) is -3.19. The summed E-state index contributed by atoms with van der Waals surface area (Å²) < 4.78 is 65.5. The van der Waals surface area contributed by atoms with Gasteiger partial charge in [0.25, 0.3) is 11.5 Å². The van der Waals surface area contributed by atoms with Crippen molar-refractivity contribution in [2.24, 2.45) is 0 Å². The molecule has 0 aliphatic carbocycles. The maximum atomic E-state index is 12.6. The third kappa shape index (κ3) is 5.58. The zero-order valence-electron chi connectivity index (χ0n) is 13.3. The molecule has 1 aliphatic rings. The number of halogens is 3. The molecule has 26 heavy (non-hydrogen) atoms. The Hall–Kier alpha value is -2.37. The molecule has 0 radical (unpaired) electrons. The lowest BCUT2D eigenvalue weighted by atomic mass is 10.2. The van der Waals surface area contributed by atoms with E-state index in [0.717, 1.165) is 0 Å². The molecule has 8 nitrogen and oxygen atoms in total. The first kappa shape index (κ1) is 19.9. The minimum Gasteiger partial charge on any atom is -0.454 e. The van der Waals surface area contributed by atoms with E-state index in [1.54, 1.807) is 0 Å². The highest BCUT2D eigenvalue weighted by Crippen LogP contribution is 2.27. The van der Waals surface area contributed by atoms with Gasteiger partial charge in [-0.2, -0.15) is 13.2 Å². The van der Waals surface area contributed by atoms with Crippen LogP contribution >= 0.6 is 0 Å². The number of nitrogens with one attached hydrogen (secondary N) is 1. The molecule has 1 fully saturated rings. The van der Waals surface area contributed by atoms with Gasteiger partial charge in [-0.25, -0.2) is 8.42 Å². The number of rotatable bonds is 5. The summed E-state index contributed by atoms with van der Waals surface area (Å²) >= 11 is 0. The molecular weight excluding hydrogens is 381 g/mol. The topological polar surface area (TPSA) is 112 Å².